The van der Waals surface area contributed by atoms with Gasteiger partial charge in [-0.05, 0) is 55.9 Å². The molecule has 0 aliphatic heterocycles. The number of rotatable bonds is 5. The summed E-state index contributed by atoms with van der Waals surface area (Å²) in [6.45, 7) is 1.88. The molecule has 0 aromatic heterocycles. The molecule has 0 radical (unpaired) electrons. The van der Waals surface area contributed by atoms with Crippen molar-refractivity contribution in [3.8, 4) is 0 Å². The van der Waals surface area contributed by atoms with Crippen LogP contribution in [0.5, 0.6) is 0 Å². The predicted molar refractivity (Wildman–Crippen MR) is 69.4 cm³/mol. The highest BCUT2D eigenvalue weighted by Crippen LogP contribution is 2.41. The fourth-order valence-corrected chi connectivity index (χ4v) is 2.67. The Morgan fingerprint density at radius 2 is 2.17 bits per heavy atom. The number of methoxy groups -OCH3 is 1. The molecule has 1 aliphatic rings. The molecule has 0 amide bonds. The van der Waals surface area contributed by atoms with E-state index in [4.69, 9.17) is 10.6 Å². The lowest BCUT2D eigenvalue weighted by Crippen LogP contribution is -2.44. The maximum atomic E-state index is 13.4. The normalized spacial score (nSPS) is 19.3. The van der Waals surface area contributed by atoms with Gasteiger partial charge in [0.25, 0.3) is 0 Å². The molecule has 1 saturated carbocycles. The highest BCUT2D eigenvalue weighted by atomic mass is 19.1. The number of benzene rings is 1. The predicted octanol–water partition coefficient (Wildman–Crippen LogP) is 2.60. The molecule has 0 bridgehead atoms. The summed E-state index contributed by atoms with van der Waals surface area (Å²) in [5.74, 6) is 5.40. The monoisotopic (exact) mass is 252 g/mol. The van der Waals surface area contributed by atoms with Gasteiger partial charge in [-0.15, -0.1) is 0 Å². The van der Waals surface area contributed by atoms with Gasteiger partial charge in [-0.25, -0.2) is 4.39 Å². The van der Waals surface area contributed by atoms with Crippen LogP contribution in [0.3, 0.4) is 0 Å². The van der Waals surface area contributed by atoms with E-state index in [0.29, 0.717) is 0 Å². The summed E-state index contributed by atoms with van der Waals surface area (Å²) in [7, 11) is 1.74. The Morgan fingerprint density at radius 1 is 1.44 bits per heavy atom. The minimum atomic E-state index is -0.217. The van der Waals surface area contributed by atoms with Crippen LogP contribution in [-0.4, -0.2) is 12.7 Å². The second kappa shape index (κ2) is 5.34. The number of hydrogen-bond donors (Lipinski definition) is 2. The summed E-state index contributed by atoms with van der Waals surface area (Å²) in [6, 6.07) is 4.96. The zero-order chi connectivity index (χ0) is 13.2. The van der Waals surface area contributed by atoms with Gasteiger partial charge in [0.05, 0.1) is 5.60 Å². The van der Waals surface area contributed by atoms with Crippen molar-refractivity contribution in [2.75, 3.05) is 7.11 Å². The third-order valence-corrected chi connectivity index (χ3v) is 3.94. The van der Waals surface area contributed by atoms with Crippen molar-refractivity contribution in [3.05, 3.63) is 35.1 Å². The third-order valence-electron chi connectivity index (χ3n) is 3.94. The standard InChI is InChI=1S/C14H21FN2O/c1-10-6-11(8-12(15)7-10)13(17-16)9-14(18-2)4-3-5-14/h6-8,13,17H,3-5,9,16H2,1-2H3. The number of hydrazine groups is 1. The van der Waals surface area contributed by atoms with Crippen molar-refractivity contribution >= 4 is 0 Å². The highest BCUT2D eigenvalue weighted by Gasteiger charge is 2.39. The Hall–Kier alpha value is -0.970. The molecule has 0 spiro atoms. The average Bonchev–Trinajstić information content (AvgIpc) is 2.27. The van der Waals surface area contributed by atoms with E-state index in [-0.39, 0.29) is 17.5 Å². The number of ether oxygens (including phenoxy) is 1. The van der Waals surface area contributed by atoms with E-state index in [0.717, 1.165) is 30.4 Å². The van der Waals surface area contributed by atoms with E-state index in [1.54, 1.807) is 13.2 Å². The second-order valence-corrected chi connectivity index (χ2v) is 5.23. The number of nitrogens with one attached hydrogen (secondary N) is 1. The summed E-state index contributed by atoms with van der Waals surface area (Å²) < 4.78 is 19.0. The van der Waals surface area contributed by atoms with Crippen LogP contribution >= 0.6 is 0 Å². The van der Waals surface area contributed by atoms with Crippen molar-refractivity contribution < 1.29 is 9.13 Å². The van der Waals surface area contributed by atoms with Gasteiger partial charge < -0.3 is 4.74 Å². The van der Waals surface area contributed by atoms with Gasteiger partial charge >= 0.3 is 0 Å². The first-order valence-corrected chi connectivity index (χ1v) is 6.37. The first-order valence-electron chi connectivity index (χ1n) is 6.37. The summed E-state index contributed by atoms with van der Waals surface area (Å²) in [4.78, 5) is 0. The number of hydrogen-bond acceptors (Lipinski definition) is 3. The first kappa shape index (κ1) is 13.5. The van der Waals surface area contributed by atoms with E-state index in [9.17, 15) is 4.39 Å². The van der Waals surface area contributed by atoms with Crippen LogP contribution in [0.25, 0.3) is 0 Å². The molecule has 1 aromatic carbocycles. The zero-order valence-corrected chi connectivity index (χ0v) is 11.0. The first-order chi connectivity index (χ1) is 8.58. The van der Waals surface area contributed by atoms with Gasteiger partial charge in [-0.1, -0.05) is 6.07 Å². The smallest absolute Gasteiger partial charge is 0.123 e. The van der Waals surface area contributed by atoms with Crippen LogP contribution in [0.1, 0.15) is 42.9 Å². The number of nitrogens with two attached hydrogens (primary N) is 1. The molecule has 0 heterocycles. The van der Waals surface area contributed by atoms with Gasteiger partial charge in [0, 0.05) is 13.2 Å². The van der Waals surface area contributed by atoms with E-state index >= 15 is 0 Å². The summed E-state index contributed by atoms with van der Waals surface area (Å²) >= 11 is 0. The topological polar surface area (TPSA) is 47.3 Å². The van der Waals surface area contributed by atoms with E-state index in [1.807, 2.05) is 13.0 Å². The lowest BCUT2D eigenvalue weighted by Gasteiger charge is -2.42. The third kappa shape index (κ3) is 2.71. The van der Waals surface area contributed by atoms with Gasteiger partial charge in [-0.2, -0.15) is 0 Å². The molecular weight excluding hydrogens is 231 g/mol. The molecule has 4 heteroatoms. The maximum Gasteiger partial charge on any atom is 0.123 e. The van der Waals surface area contributed by atoms with Crippen molar-refractivity contribution in [1.82, 2.24) is 5.43 Å². The molecule has 3 nitrogen and oxygen atoms in total. The van der Waals surface area contributed by atoms with Crippen LogP contribution in [0.4, 0.5) is 4.39 Å². The van der Waals surface area contributed by atoms with Crippen LogP contribution in [-0.2, 0) is 4.74 Å². The minimum Gasteiger partial charge on any atom is -0.378 e. The average molecular weight is 252 g/mol. The SMILES string of the molecule is COC1(CC(NN)c2cc(C)cc(F)c2)CCC1. The van der Waals surface area contributed by atoms with Crippen LogP contribution in [0, 0.1) is 12.7 Å². The van der Waals surface area contributed by atoms with E-state index in [2.05, 4.69) is 5.43 Å². The Kier molecular flexibility index (Phi) is 4.00. The zero-order valence-electron chi connectivity index (χ0n) is 11.0. The minimum absolute atomic E-state index is 0.0698. The Morgan fingerprint density at radius 3 is 2.61 bits per heavy atom. The molecule has 1 unspecified atom stereocenters. The molecule has 18 heavy (non-hydrogen) atoms. The largest absolute Gasteiger partial charge is 0.378 e. The summed E-state index contributed by atoms with van der Waals surface area (Å²) in [5, 5.41) is 0. The molecule has 1 aromatic rings. The summed E-state index contributed by atoms with van der Waals surface area (Å²) in [5.41, 5.74) is 4.49. The van der Waals surface area contributed by atoms with E-state index < -0.39 is 0 Å². The van der Waals surface area contributed by atoms with Crippen molar-refractivity contribution in [3.63, 3.8) is 0 Å². The fourth-order valence-electron chi connectivity index (χ4n) is 2.67. The van der Waals surface area contributed by atoms with Gasteiger partial charge in [0.15, 0.2) is 0 Å². The van der Waals surface area contributed by atoms with Crippen molar-refractivity contribution in [2.45, 2.75) is 44.2 Å². The molecule has 1 fully saturated rings. The second-order valence-electron chi connectivity index (χ2n) is 5.23. The van der Waals surface area contributed by atoms with Gasteiger partial charge in [-0.3, -0.25) is 11.3 Å². The quantitative estimate of drug-likeness (QED) is 0.625. The molecule has 1 aliphatic carbocycles. The maximum absolute atomic E-state index is 13.4. The van der Waals surface area contributed by atoms with Crippen molar-refractivity contribution in [2.24, 2.45) is 5.84 Å². The lowest BCUT2D eigenvalue weighted by atomic mass is 9.74. The molecular formula is C14H21FN2O. The van der Waals surface area contributed by atoms with Crippen LogP contribution < -0.4 is 11.3 Å². The molecule has 1 atom stereocenters. The van der Waals surface area contributed by atoms with Crippen LogP contribution in [0.2, 0.25) is 0 Å². The molecule has 0 saturated heterocycles. The molecule has 2 rings (SSSR count). The van der Waals surface area contributed by atoms with Gasteiger partial charge in [0.2, 0.25) is 0 Å². The van der Waals surface area contributed by atoms with Gasteiger partial charge in [0.1, 0.15) is 5.82 Å². The Bertz CT molecular complexity index is 392. The molecule has 100 valence electrons. The van der Waals surface area contributed by atoms with Crippen LogP contribution in [0.15, 0.2) is 18.2 Å². The molecule has 3 N–H and O–H groups in total. The fraction of sp³-hybridized carbons (Fsp3) is 0.571. The number of aryl methyl sites for hydroxylation is 1. The van der Waals surface area contributed by atoms with Crippen molar-refractivity contribution in [1.29, 1.82) is 0 Å². The highest BCUT2D eigenvalue weighted by molar-refractivity contribution is 5.26. The Balaban J connectivity index is 2.17. The summed E-state index contributed by atoms with van der Waals surface area (Å²) in [6.07, 6.45) is 4.07. The Labute approximate surface area is 107 Å². The lowest BCUT2D eigenvalue weighted by molar-refractivity contribution is -0.0838. The number of halogens is 1. The van der Waals surface area contributed by atoms with E-state index in [1.165, 1.54) is 12.5 Å².